The number of sulfonamides is 1. The number of amides is 1. The Bertz CT molecular complexity index is 1100. The number of nitrogens with zero attached hydrogens (tertiary/aromatic N) is 1. The third kappa shape index (κ3) is 4.23. The molecule has 0 aliphatic heterocycles. The Balaban J connectivity index is 1.87. The summed E-state index contributed by atoms with van der Waals surface area (Å²) in [5.74, 6) is -0.255. The molecule has 0 spiro atoms. The number of halogens is 1. The van der Waals surface area contributed by atoms with Gasteiger partial charge in [0.15, 0.2) is 0 Å². The van der Waals surface area contributed by atoms with E-state index < -0.39 is 15.8 Å². The van der Waals surface area contributed by atoms with E-state index in [-0.39, 0.29) is 34.2 Å². The minimum absolute atomic E-state index is 0.0856. The van der Waals surface area contributed by atoms with Crippen LogP contribution in [0.4, 0.5) is 10.1 Å². The summed E-state index contributed by atoms with van der Waals surface area (Å²) in [6, 6.07) is 13.3. The Morgan fingerprint density at radius 1 is 1.14 bits per heavy atom. The van der Waals surface area contributed by atoms with Gasteiger partial charge in [0, 0.05) is 7.05 Å². The predicted molar refractivity (Wildman–Crippen MR) is 103 cm³/mol. The summed E-state index contributed by atoms with van der Waals surface area (Å²) in [5.41, 5.74) is 0.546. The lowest BCUT2D eigenvalue weighted by Crippen LogP contribution is -2.27. The molecule has 0 unspecified atom stereocenters. The van der Waals surface area contributed by atoms with Gasteiger partial charge in [-0.1, -0.05) is 12.1 Å². The molecule has 1 aromatic heterocycles. The van der Waals surface area contributed by atoms with Crippen molar-refractivity contribution in [2.45, 2.75) is 18.4 Å². The Morgan fingerprint density at radius 2 is 1.89 bits per heavy atom. The summed E-state index contributed by atoms with van der Waals surface area (Å²) in [5, 5.41) is 0. The molecule has 1 amide bonds. The minimum atomic E-state index is -3.99. The van der Waals surface area contributed by atoms with E-state index in [1.807, 2.05) is 0 Å². The summed E-state index contributed by atoms with van der Waals surface area (Å²) >= 11 is 0. The highest BCUT2D eigenvalue weighted by Gasteiger charge is 2.21. The molecule has 1 heterocycles. The molecular weight excluding hydrogens is 383 g/mol. The molecule has 0 aliphatic rings. The van der Waals surface area contributed by atoms with Gasteiger partial charge in [-0.25, -0.2) is 12.8 Å². The summed E-state index contributed by atoms with van der Waals surface area (Å²) in [6.45, 7) is 1.72. The molecule has 0 radical (unpaired) electrons. The van der Waals surface area contributed by atoms with Crippen molar-refractivity contribution in [2.75, 3.05) is 11.8 Å². The fourth-order valence-electron chi connectivity index (χ4n) is 2.66. The number of benzene rings is 2. The molecule has 0 aliphatic carbocycles. The van der Waals surface area contributed by atoms with Gasteiger partial charge < -0.3 is 9.32 Å². The third-order valence-corrected chi connectivity index (χ3v) is 5.52. The van der Waals surface area contributed by atoms with Crippen molar-refractivity contribution < 1.29 is 22.0 Å². The number of carbonyl (C=O) groups is 1. The standard InChI is InChI=1S/C20H19FN2O4S/c1-14-12-16(9-10-18(14)21)28(25,26)22-19-8-4-3-7-17(19)20(24)23(2)13-15-6-5-11-27-15/h3-12,22H,13H2,1-2H3. The van der Waals surface area contributed by atoms with Gasteiger partial charge in [0.05, 0.1) is 29.0 Å². The average molecular weight is 402 g/mol. The first-order valence-electron chi connectivity index (χ1n) is 8.44. The Labute approximate surface area is 162 Å². The monoisotopic (exact) mass is 402 g/mol. The molecule has 8 heteroatoms. The molecule has 28 heavy (non-hydrogen) atoms. The highest BCUT2D eigenvalue weighted by atomic mass is 32.2. The zero-order chi connectivity index (χ0) is 20.3. The maximum Gasteiger partial charge on any atom is 0.261 e. The number of rotatable bonds is 6. The van der Waals surface area contributed by atoms with Crippen molar-refractivity contribution in [3.8, 4) is 0 Å². The number of hydrogen-bond donors (Lipinski definition) is 1. The number of para-hydroxylation sites is 1. The van der Waals surface area contributed by atoms with E-state index in [2.05, 4.69) is 4.72 Å². The van der Waals surface area contributed by atoms with Gasteiger partial charge >= 0.3 is 0 Å². The van der Waals surface area contributed by atoms with E-state index in [9.17, 15) is 17.6 Å². The topological polar surface area (TPSA) is 79.6 Å². The van der Waals surface area contributed by atoms with Gasteiger partial charge in [-0.15, -0.1) is 0 Å². The van der Waals surface area contributed by atoms with Crippen LogP contribution in [0.15, 0.2) is 70.2 Å². The molecule has 1 N–H and O–H groups in total. The van der Waals surface area contributed by atoms with E-state index in [4.69, 9.17) is 4.42 Å². The highest BCUT2D eigenvalue weighted by molar-refractivity contribution is 7.92. The molecule has 3 aromatic rings. The van der Waals surface area contributed by atoms with Crippen LogP contribution in [-0.4, -0.2) is 26.3 Å². The van der Waals surface area contributed by atoms with Crippen LogP contribution in [0.1, 0.15) is 21.7 Å². The summed E-state index contributed by atoms with van der Waals surface area (Å²) in [4.78, 5) is 14.2. The molecule has 6 nitrogen and oxygen atoms in total. The number of anilines is 1. The Hall–Kier alpha value is -3.13. The van der Waals surface area contributed by atoms with Crippen molar-refractivity contribution >= 4 is 21.6 Å². The van der Waals surface area contributed by atoms with Crippen molar-refractivity contribution in [1.29, 1.82) is 0 Å². The SMILES string of the molecule is Cc1cc(S(=O)(=O)Nc2ccccc2C(=O)N(C)Cc2ccco2)ccc1F. The molecule has 0 bridgehead atoms. The number of carbonyl (C=O) groups excluding carboxylic acids is 1. The van der Waals surface area contributed by atoms with E-state index in [0.29, 0.717) is 5.76 Å². The summed E-state index contributed by atoms with van der Waals surface area (Å²) < 4.78 is 46.5. The summed E-state index contributed by atoms with van der Waals surface area (Å²) in [7, 11) is -2.39. The largest absolute Gasteiger partial charge is 0.467 e. The fraction of sp³-hybridized carbons (Fsp3) is 0.150. The summed E-state index contributed by atoms with van der Waals surface area (Å²) in [6.07, 6.45) is 1.51. The van der Waals surface area contributed by atoms with E-state index in [0.717, 1.165) is 6.07 Å². The molecule has 0 saturated carbocycles. The van der Waals surface area contributed by atoms with Crippen LogP contribution >= 0.6 is 0 Å². The normalized spacial score (nSPS) is 11.2. The zero-order valence-corrected chi connectivity index (χ0v) is 16.2. The van der Waals surface area contributed by atoms with E-state index in [1.54, 1.807) is 31.3 Å². The Morgan fingerprint density at radius 3 is 2.57 bits per heavy atom. The third-order valence-electron chi connectivity index (χ3n) is 4.16. The van der Waals surface area contributed by atoms with Crippen LogP contribution in [0.5, 0.6) is 0 Å². The lowest BCUT2D eigenvalue weighted by Gasteiger charge is -2.18. The molecule has 0 fully saturated rings. The highest BCUT2D eigenvalue weighted by Crippen LogP contribution is 2.23. The van der Waals surface area contributed by atoms with Crippen LogP contribution in [0.2, 0.25) is 0 Å². The van der Waals surface area contributed by atoms with Crippen LogP contribution in [0.3, 0.4) is 0 Å². The van der Waals surface area contributed by atoms with Crippen molar-refractivity contribution in [3.63, 3.8) is 0 Å². The number of aryl methyl sites for hydroxylation is 1. The maximum atomic E-state index is 13.5. The lowest BCUT2D eigenvalue weighted by atomic mass is 10.1. The first kappa shape index (κ1) is 19.6. The maximum absolute atomic E-state index is 13.5. The van der Waals surface area contributed by atoms with Gasteiger partial charge in [-0.05, 0) is 55.0 Å². The quantitative estimate of drug-likeness (QED) is 0.680. The van der Waals surface area contributed by atoms with Crippen LogP contribution in [0.25, 0.3) is 0 Å². The fourth-order valence-corrected chi connectivity index (χ4v) is 3.82. The molecule has 3 rings (SSSR count). The predicted octanol–water partition coefficient (Wildman–Crippen LogP) is 3.80. The molecule has 0 atom stereocenters. The number of hydrogen-bond acceptors (Lipinski definition) is 4. The minimum Gasteiger partial charge on any atom is -0.467 e. The van der Waals surface area contributed by atoms with Crippen LogP contribution in [-0.2, 0) is 16.6 Å². The second-order valence-corrected chi connectivity index (χ2v) is 7.99. The van der Waals surface area contributed by atoms with E-state index >= 15 is 0 Å². The smallest absolute Gasteiger partial charge is 0.261 e. The average Bonchev–Trinajstić information content (AvgIpc) is 3.16. The van der Waals surface area contributed by atoms with Crippen molar-refractivity contribution in [2.24, 2.45) is 0 Å². The number of furan rings is 1. The van der Waals surface area contributed by atoms with Gasteiger partial charge in [0.1, 0.15) is 11.6 Å². The first-order valence-corrected chi connectivity index (χ1v) is 9.92. The van der Waals surface area contributed by atoms with Crippen molar-refractivity contribution in [3.05, 3.63) is 83.6 Å². The zero-order valence-electron chi connectivity index (χ0n) is 15.3. The van der Waals surface area contributed by atoms with Gasteiger partial charge in [-0.3, -0.25) is 9.52 Å². The first-order chi connectivity index (χ1) is 13.3. The molecule has 2 aromatic carbocycles. The Kier molecular flexibility index (Phi) is 5.51. The number of nitrogens with one attached hydrogen (secondary N) is 1. The van der Waals surface area contributed by atoms with Crippen LogP contribution in [0, 0.1) is 12.7 Å². The van der Waals surface area contributed by atoms with Gasteiger partial charge in [0.25, 0.3) is 15.9 Å². The molecule has 146 valence electrons. The van der Waals surface area contributed by atoms with Gasteiger partial charge in [-0.2, -0.15) is 0 Å². The lowest BCUT2D eigenvalue weighted by molar-refractivity contribution is 0.0776. The van der Waals surface area contributed by atoms with Crippen LogP contribution < -0.4 is 4.72 Å². The van der Waals surface area contributed by atoms with E-state index in [1.165, 1.54) is 42.4 Å². The van der Waals surface area contributed by atoms with Crippen molar-refractivity contribution in [1.82, 2.24) is 4.90 Å². The second-order valence-electron chi connectivity index (χ2n) is 6.30. The second kappa shape index (κ2) is 7.85. The van der Waals surface area contributed by atoms with Gasteiger partial charge in [0.2, 0.25) is 0 Å². The molecular formula is C20H19FN2O4S. The molecule has 0 saturated heterocycles.